The van der Waals surface area contributed by atoms with Crippen LogP contribution in [0.1, 0.15) is 27.8 Å². The minimum Gasteiger partial charge on any atom is -0.318 e. The number of anilines is 1. The Hall–Kier alpha value is -2.64. The lowest BCUT2D eigenvalue weighted by Gasteiger charge is -2.05. The second kappa shape index (κ2) is 5.16. The lowest BCUT2D eigenvalue weighted by Crippen LogP contribution is -2.16. The third-order valence-electron chi connectivity index (χ3n) is 2.44. The van der Waals surface area contributed by atoms with Gasteiger partial charge in [-0.1, -0.05) is 6.07 Å². The Balaban J connectivity index is 2.26. The van der Waals surface area contributed by atoms with Crippen molar-refractivity contribution in [3.8, 4) is 0 Å². The molecule has 0 unspecified atom stereocenters. The maximum Gasteiger partial charge on any atom is 0.281 e. The Morgan fingerprint density at radius 2 is 1.95 bits per heavy atom. The van der Waals surface area contributed by atoms with E-state index in [0.29, 0.717) is 10.4 Å². The summed E-state index contributed by atoms with van der Waals surface area (Å²) in [5.41, 5.74) is -0.119. The van der Waals surface area contributed by atoms with E-state index in [0.717, 1.165) is 6.92 Å². The van der Waals surface area contributed by atoms with E-state index in [-0.39, 0.29) is 5.69 Å². The fourth-order valence-electron chi connectivity index (χ4n) is 1.47. The van der Waals surface area contributed by atoms with Crippen molar-refractivity contribution in [1.29, 1.82) is 0 Å². The predicted octanol–water partition coefficient (Wildman–Crippen LogP) is 1.78. The zero-order valence-electron chi connectivity index (χ0n) is 10.6. The molecule has 1 N–H and O–H groups in total. The first-order valence-electron chi connectivity index (χ1n) is 5.60. The van der Waals surface area contributed by atoms with Gasteiger partial charge in [0.05, 0.1) is 5.69 Å². The predicted molar refractivity (Wildman–Crippen MR) is 65.4 cm³/mol. The van der Waals surface area contributed by atoms with E-state index in [1.165, 1.54) is 12.1 Å². The highest BCUT2D eigenvalue weighted by molar-refractivity contribution is 6.03. The van der Waals surface area contributed by atoms with Crippen molar-refractivity contribution < 1.29 is 18.4 Å². The largest absolute Gasteiger partial charge is 0.318 e. The Morgan fingerprint density at radius 3 is 2.50 bits per heavy atom. The standard InChI is InChI=1S/C12H10F2N4O2/c1-6-3-4-9(8(13)5-6)15-12(20)10-11(14)17-18(16-10)7(2)19/h3-5H,1-2H3,(H,15,20). The average Bonchev–Trinajstić information content (AvgIpc) is 2.75. The molecule has 2 aromatic rings. The van der Waals surface area contributed by atoms with Gasteiger partial charge in [0.15, 0.2) is 0 Å². The first-order valence-corrected chi connectivity index (χ1v) is 5.60. The summed E-state index contributed by atoms with van der Waals surface area (Å²) in [4.78, 5) is 23.2. The van der Waals surface area contributed by atoms with Crippen LogP contribution in [0.4, 0.5) is 14.5 Å². The number of halogens is 2. The molecular formula is C12H10F2N4O2. The number of carbonyl (C=O) groups excluding carboxylic acids is 2. The number of carbonyl (C=O) groups is 2. The summed E-state index contributed by atoms with van der Waals surface area (Å²) in [7, 11) is 0. The van der Waals surface area contributed by atoms with Gasteiger partial charge in [-0.3, -0.25) is 9.59 Å². The van der Waals surface area contributed by atoms with Crippen molar-refractivity contribution in [2.75, 3.05) is 5.32 Å². The van der Waals surface area contributed by atoms with E-state index in [1.54, 1.807) is 13.0 Å². The number of aromatic nitrogens is 3. The number of aryl methyl sites for hydroxylation is 1. The number of amides is 1. The van der Waals surface area contributed by atoms with Gasteiger partial charge in [-0.2, -0.15) is 4.39 Å². The van der Waals surface area contributed by atoms with Gasteiger partial charge in [-0.25, -0.2) is 4.39 Å². The summed E-state index contributed by atoms with van der Waals surface area (Å²) in [6.07, 6.45) is 0. The summed E-state index contributed by atoms with van der Waals surface area (Å²) >= 11 is 0. The molecule has 0 fully saturated rings. The van der Waals surface area contributed by atoms with Crippen LogP contribution < -0.4 is 5.32 Å². The minimum atomic E-state index is -1.20. The Labute approximate surface area is 112 Å². The molecule has 1 amide bonds. The van der Waals surface area contributed by atoms with Crippen LogP contribution in [-0.4, -0.2) is 26.8 Å². The van der Waals surface area contributed by atoms with Crippen molar-refractivity contribution >= 4 is 17.5 Å². The molecule has 0 saturated carbocycles. The average molecular weight is 280 g/mol. The van der Waals surface area contributed by atoms with Crippen LogP contribution in [0.25, 0.3) is 0 Å². The van der Waals surface area contributed by atoms with Crippen LogP contribution in [-0.2, 0) is 0 Å². The van der Waals surface area contributed by atoms with Crippen LogP contribution in [0, 0.1) is 18.7 Å². The molecule has 2 rings (SSSR count). The van der Waals surface area contributed by atoms with E-state index in [4.69, 9.17) is 0 Å². The highest BCUT2D eigenvalue weighted by Gasteiger charge is 2.21. The normalized spacial score (nSPS) is 10.4. The van der Waals surface area contributed by atoms with Crippen molar-refractivity contribution in [1.82, 2.24) is 15.0 Å². The maximum absolute atomic E-state index is 13.6. The van der Waals surface area contributed by atoms with Gasteiger partial charge >= 0.3 is 0 Å². The zero-order valence-corrected chi connectivity index (χ0v) is 10.6. The summed E-state index contributed by atoms with van der Waals surface area (Å²) in [6, 6.07) is 4.15. The maximum atomic E-state index is 13.6. The second-order valence-corrected chi connectivity index (χ2v) is 4.09. The van der Waals surface area contributed by atoms with Crippen molar-refractivity contribution in [2.24, 2.45) is 0 Å². The molecule has 0 radical (unpaired) electrons. The molecule has 0 aliphatic heterocycles. The summed E-state index contributed by atoms with van der Waals surface area (Å²) in [5, 5.41) is 8.71. The molecule has 0 spiro atoms. The summed E-state index contributed by atoms with van der Waals surface area (Å²) in [5.74, 6) is -3.50. The molecule has 0 aliphatic carbocycles. The van der Waals surface area contributed by atoms with Gasteiger partial charge in [0.25, 0.3) is 17.8 Å². The third-order valence-corrected chi connectivity index (χ3v) is 2.44. The molecule has 8 heteroatoms. The van der Waals surface area contributed by atoms with Crippen LogP contribution in [0.15, 0.2) is 18.2 Å². The van der Waals surface area contributed by atoms with Gasteiger partial charge in [0.1, 0.15) is 5.82 Å². The van der Waals surface area contributed by atoms with E-state index >= 15 is 0 Å². The van der Waals surface area contributed by atoms with Crippen molar-refractivity contribution in [2.45, 2.75) is 13.8 Å². The summed E-state index contributed by atoms with van der Waals surface area (Å²) in [6.45, 7) is 2.80. The van der Waals surface area contributed by atoms with Gasteiger partial charge in [0, 0.05) is 6.92 Å². The molecule has 0 saturated heterocycles. The molecule has 0 atom stereocenters. The number of nitrogens with zero attached hydrogens (tertiary/aromatic N) is 3. The quantitative estimate of drug-likeness (QED) is 0.909. The topological polar surface area (TPSA) is 76.9 Å². The molecule has 1 heterocycles. The van der Waals surface area contributed by atoms with Gasteiger partial charge < -0.3 is 5.32 Å². The smallest absolute Gasteiger partial charge is 0.281 e. The molecule has 20 heavy (non-hydrogen) atoms. The van der Waals surface area contributed by atoms with Gasteiger partial charge in [-0.05, 0) is 24.6 Å². The van der Waals surface area contributed by atoms with Gasteiger partial charge in [-0.15, -0.1) is 15.0 Å². The van der Waals surface area contributed by atoms with E-state index in [1.807, 2.05) is 0 Å². The zero-order chi connectivity index (χ0) is 14.9. The highest BCUT2D eigenvalue weighted by atomic mass is 19.1. The van der Waals surface area contributed by atoms with E-state index in [9.17, 15) is 18.4 Å². The molecule has 0 aliphatic rings. The van der Waals surface area contributed by atoms with E-state index < -0.39 is 29.3 Å². The first kappa shape index (κ1) is 13.8. The lowest BCUT2D eigenvalue weighted by atomic mass is 10.2. The fraction of sp³-hybridized carbons (Fsp3) is 0.167. The lowest BCUT2D eigenvalue weighted by molar-refractivity contribution is 0.0900. The Kier molecular flexibility index (Phi) is 3.55. The molecule has 1 aromatic carbocycles. The van der Waals surface area contributed by atoms with Crippen LogP contribution in [0.5, 0.6) is 0 Å². The van der Waals surface area contributed by atoms with Crippen LogP contribution >= 0.6 is 0 Å². The Morgan fingerprint density at radius 1 is 1.25 bits per heavy atom. The highest BCUT2D eigenvalue weighted by Crippen LogP contribution is 2.16. The number of benzene rings is 1. The third kappa shape index (κ3) is 2.68. The van der Waals surface area contributed by atoms with Crippen molar-refractivity contribution in [3.63, 3.8) is 0 Å². The summed E-state index contributed by atoms with van der Waals surface area (Å²) < 4.78 is 26.9. The van der Waals surface area contributed by atoms with Gasteiger partial charge in [0.2, 0.25) is 5.69 Å². The minimum absolute atomic E-state index is 0.114. The monoisotopic (exact) mass is 280 g/mol. The number of rotatable bonds is 2. The molecule has 1 aromatic heterocycles. The number of hydrogen-bond donors (Lipinski definition) is 1. The molecule has 0 bridgehead atoms. The molecule has 104 valence electrons. The molecule has 6 nitrogen and oxygen atoms in total. The number of nitrogens with one attached hydrogen (secondary N) is 1. The van der Waals surface area contributed by atoms with Crippen LogP contribution in [0.2, 0.25) is 0 Å². The SMILES string of the molecule is CC(=O)n1nc(F)c(C(=O)Nc2ccc(C)cc2F)n1. The molecular weight excluding hydrogens is 270 g/mol. The number of hydrogen-bond acceptors (Lipinski definition) is 4. The fourth-order valence-corrected chi connectivity index (χ4v) is 1.47. The second-order valence-electron chi connectivity index (χ2n) is 4.09. The van der Waals surface area contributed by atoms with Crippen LogP contribution in [0.3, 0.4) is 0 Å². The van der Waals surface area contributed by atoms with Crippen molar-refractivity contribution in [3.05, 3.63) is 41.2 Å². The Bertz CT molecular complexity index is 697. The van der Waals surface area contributed by atoms with E-state index in [2.05, 4.69) is 15.5 Å². The first-order chi connectivity index (χ1) is 9.38.